The van der Waals surface area contributed by atoms with Crippen molar-refractivity contribution in [1.29, 1.82) is 0 Å². The largest absolute Gasteiger partial charge is 0.398 e. The predicted octanol–water partition coefficient (Wildman–Crippen LogP) is 3.02. The van der Waals surface area contributed by atoms with E-state index in [0.29, 0.717) is 22.7 Å². The van der Waals surface area contributed by atoms with Crippen molar-refractivity contribution < 1.29 is 9.18 Å². The molecule has 1 aromatic rings. The fourth-order valence-corrected chi connectivity index (χ4v) is 2.61. The van der Waals surface area contributed by atoms with Gasteiger partial charge in [-0.1, -0.05) is 19.8 Å². The second kappa shape index (κ2) is 5.59. The molecule has 1 saturated carbocycles. The molecular formula is C15H21FN2O. The van der Waals surface area contributed by atoms with Gasteiger partial charge in [0.25, 0.3) is 5.91 Å². The summed E-state index contributed by atoms with van der Waals surface area (Å²) >= 11 is 0. The van der Waals surface area contributed by atoms with Gasteiger partial charge >= 0.3 is 0 Å². The Morgan fingerprint density at radius 3 is 2.68 bits per heavy atom. The van der Waals surface area contributed by atoms with Gasteiger partial charge < -0.3 is 11.1 Å². The molecular weight excluding hydrogens is 243 g/mol. The number of halogens is 1. The average molecular weight is 264 g/mol. The molecule has 0 spiro atoms. The van der Waals surface area contributed by atoms with E-state index < -0.39 is 5.82 Å². The molecule has 0 radical (unpaired) electrons. The fraction of sp³-hybridized carbons (Fsp3) is 0.533. The number of anilines is 1. The van der Waals surface area contributed by atoms with Crippen molar-refractivity contribution in [1.82, 2.24) is 5.32 Å². The highest BCUT2D eigenvalue weighted by molar-refractivity contribution is 5.95. The maximum atomic E-state index is 13.6. The number of amides is 1. The average Bonchev–Trinajstić information content (AvgIpc) is 2.38. The molecule has 0 aromatic heterocycles. The Morgan fingerprint density at radius 2 is 2.05 bits per heavy atom. The molecule has 0 heterocycles. The molecule has 19 heavy (non-hydrogen) atoms. The molecule has 0 aliphatic heterocycles. The van der Waals surface area contributed by atoms with E-state index in [0.717, 1.165) is 19.3 Å². The SMILES string of the molecule is Cc1c(N)cc(C(=O)NC2CCCCC2C)cc1F. The lowest BCUT2D eigenvalue weighted by molar-refractivity contribution is 0.0910. The lowest BCUT2D eigenvalue weighted by Crippen LogP contribution is -2.41. The zero-order valence-corrected chi connectivity index (χ0v) is 11.5. The van der Waals surface area contributed by atoms with Crippen LogP contribution in [0.15, 0.2) is 12.1 Å². The monoisotopic (exact) mass is 264 g/mol. The van der Waals surface area contributed by atoms with E-state index in [1.54, 1.807) is 13.0 Å². The van der Waals surface area contributed by atoms with Gasteiger partial charge in [-0.25, -0.2) is 4.39 Å². The molecule has 2 unspecified atom stereocenters. The second-order valence-corrected chi connectivity index (χ2v) is 5.51. The summed E-state index contributed by atoms with van der Waals surface area (Å²) in [5, 5.41) is 3.00. The third-order valence-electron chi connectivity index (χ3n) is 4.07. The minimum atomic E-state index is -0.429. The van der Waals surface area contributed by atoms with Gasteiger partial charge in [0, 0.05) is 22.9 Å². The number of nitrogens with two attached hydrogens (primary N) is 1. The third kappa shape index (κ3) is 3.06. The summed E-state index contributed by atoms with van der Waals surface area (Å²) in [5.41, 5.74) is 6.72. The van der Waals surface area contributed by atoms with Crippen LogP contribution in [0.3, 0.4) is 0 Å². The highest BCUT2D eigenvalue weighted by Crippen LogP contribution is 2.24. The molecule has 104 valence electrons. The number of carbonyl (C=O) groups is 1. The lowest BCUT2D eigenvalue weighted by Gasteiger charge is -2.29. The van der Waals surface area contributed by atoms with Crippen molar-refractivity contribution in [3.05, 3.63) is 29.1 Å². The Morgan fingerprint density at radius 1 is 1.37 bits per heavy atom. The molecule has 3 nitrogen and oxygen atoms in total. The second-order valence-electron chi connectivity index (χ2n) is 5.51. The highest BCUT2D eigenvalue weighted by Gasteiger charge is 2.23. The van der Waals surface area contributed by atoms with E-state index in [-0.39, 0.29) is 11.9 Å². The molecule has 1 aliphatic rings. The van der Waals surface area contributed by atoms with Crippen LogP contribution < -0.4 is 11.1 Å². The number of hydrogen-bond acceptors (Lipinski definition) is 2. The van der Waals surface area contributed by atoms with Gasteiger partial charge in [0.15, 0.2) is 0 Å². The Balaban J connectivity index is 2.11. The predicted molar refractivity (Wildman–Crippen MR) is 74.4 cm³/mol. The summed E-state index contributed by atoms with van der Waals surface area (Å²) in [6, 6.07) is 2.99. The molecule has 1 aromatic carbocycles. The van der Waals surface area contributed by atoms with Crippen LogP contribution in [0.25, 0.3) is 0 Å². The van der Waals surface area contributed by atoms with Crippen LogP contribution in [-0.4, -0.2) is 11.9 Å². The summed E-state index contributed by atoms with van der Waals surface area (Å²) in [6.07, 6.45) is 4.49. The van der Waals surface area contributed by atoms with Crippen LogP contribution in [0.2, 0.25) is 0 Å². The number of benzene rings is 1. The maximum absolute atomic E-state index is 13.6. The highest BCUT2D eigenvalue weighted by atomic mass is 19.1. The van der Waals surface area contributed by atoms with Crippen LogP contribution >= 0.6 is 0 Å². The van der Waals surface area contributed by atoms with Crippen molar-refractivity contribution >= 4 is 11.6 Å². The first kappa shape index (κ1) is 13.8. The quantitative estimate of drug-likeness (QED) is 0.807. The fourth-order valence-electron chi connectivity index (χ4n) is 2.61. The molecule has 1 amide bonds. The molecule has 0 bridgehead atoms. The number of nitrogen functional groups attached to an aromatic ring is 1. The van der Waals surface area contributed by atoms with Crippen LogP contribution in [0.1, 0.15) is 48.5 Å². The van der Waals surface area contributed by atoms with Gasteiger partial charge in [-0.3, -0.25) is 4.79 Å². The zero-order valence-electron chi connectivity index (χ0n) is 11.5. The molecule has 1 aliphatic carbocycles. The van der Waals surface area contributed by atoms with E-state index in [1.165, 1.54) is 12.5 Å². The van der Waals surface area contributed by atoms with Crippen molar-refractivity contribution in [3.63, 3.8) is 0 Å². The van der Waals surface area contributed by atoms with Crippen LogP contribution in [0, 0.1) is 18.7 Å². The number of carbonyl (C=O) groups excluding carboxylic acids is 1. The van der Waals surface area contributed by atoms with Gasteiger partial charge in [0.1, 0.15) is 5.82 Å². The number of hydrogen-bond donors (Lipinski definition) is 2. The van der Waals surface area contributed by atoms with Crippen LogP contribution in [-0.2, 0) is 0 Å². The maximum Gasteiger partial charge on any atom is 0.251 e. The normalized spacial score (nSPS) is 23.1. The molecule has 2 atom stereocenters. The standard InChI is InChI=1S/C15H21FN2O/c1-9-5-3-4-6-14(9)18-15(19)11-7-12(16)10(2)13(17)8-11/h7-9,14H,3-6,17H2,1-2H3,(H,18,19). The Kier molecular flexibility index (Phi) is 4.08. The summed E-state index contributed by atoms with van der Waals surface area (Å²) in [5.74, 6) is -0.184. The first-order chi connectivity index (χ1) is 8.99. The van der Waals surface area contributed by atoms with E-state index in [4.69, 9.17) is 5.73 Å². The summed E-state index contributed by atoms with van der Waals surface area (Å²) in [6.45, 7) is 3.75. The number of rotatable bonds is 2. The summed E-state index contributed by atoms with van der Waals surface area (Å²) in [7, 11) is 0. The van der Waals surface area contributed by atoms with E-state index in [9.17, 15) is 9.18 Å². The molecule has 0 saturated heterocycles. The summed E-state index contributed by atoms with van der Waals surface area (Å²) < 4.78 is 13.6. The van der Waals surface area contributed by atoms with Gasteiger partial charge in [-0.2, -0.15) is 0 Å². The minimum Gasteiger partial charge on any atom is -0.398 e. The molecule has 2 rings (SSSR count). The minimum absolute atomic E-state index is 0.187. The Labute approximate surface area is 113 Å². The molecule has 3 N–H and O–H groups in total. The third-order valence-corrected chi connectivity index (χ3v) is 4.07. The van der Waals surface area contributed by atoms with Crippen LogP contribution in [0.4, 0.5) is 10.1 Å². The van der Waals surface area contributed by atoms with Gasteiger partial charge in [0.05, 0.1) is 0 Å². The molecule has 4 heteroatoms. The Hall–Kier alpha value is -1.58. The van der Waals surface area contributed by atoms with E-state index in [2.05, 4.69) is 12.2 Å². The smallest absolute Gasteiger partial charge is 0.251 e. The van der Waals surface area contributed by atoms with Crippen molar-refractivity contribution in [2.24, 2.45) is 5.92 Å². The first-order valence-electron chi connectivity index (χ1n) is 6.85. The zero-order chi connectivity index (χ0) is 14.0. The van der Waals surface area contributed by atoms with Crippen molar-refractivity contribution in [3.8, 4) is 0 Å². The van der Waals surface area contributed by atoms with Crippen molar-refractivity contribution in [2.45, 2.75) is 45.6 Å². The van der Waals surface area contributed by atoms with Gasteiger partial charge in [-0.05, 0) is 37.8 Å². The van der Waals surface area contributed by atoms with Crippen molar-refractivity contribution in [2.75, 3.05) is 5.73 Å². The van der Waals surface area contributed by atoms with Crippen LogP contribution in [0.5, 0.6) is 0 Å². The lowest BCUT2D eigenvalue weighted by atomic mass is 9.86. The topological polar surface area (TPSA) is 55.1 Å². The van der Waals surface area contributed by atoms with Gasteiger partial charge in [0.2, 0.25) is 0 Å². The Bertz CT molecular complexity index is 464. The van der Waals surface area contributed by atoms with Gasteiger partial charge in [-0.15, -0.1) is 0 Å². The van der Waals surface area contributed by atoms with E-state index >= 15 is 0 Å². The van der Waals surface area contributed by atoms with E-state index in [1.807, 2.05) is 0 Å². The first-order valence-corrected chi connectivity index (χ1v) is 6.85. The molecule has 1 fully saturated rings. The number of nitrogens with one attached hydrogen (secondary N) is 1. The summed E-state index contributed by atoms with van der Waals surface area (Å²) in [4.78, 5) is 12.1.